The fraction of sp³-hybridized carbons (Fsp3) is 1.00. The lowest BCUT2D eigenvalue weighted by molar-refractivity contribution is -0.0498. The van der Waals surface area contributed by atoms with Crippen LogP contribution < -0.4 is 0 Å². The maximum absolute atomic E-state index is 11.3. The first-order valence-corrected chi connectivity index (χ1v) is 5.36. The van der Waals surface area contributed by atoms with E-state index in [2.05, 4.69) is 0 Å². The lowest BCUT2D eigenvalue weighted by Crippen LogP contribution is -2.39. The quantitative estimate of drug-likeness (QED) is 0.398. The molecule has 1 atom stereocenters. The molecule has 0 rings (SSSR count). The van der Waals surface area contributed by atoms with Crippen molar-refractivity contribution >= 4 is 19.1 Å². The third-order valence-electron chi connectivity index (χ3n) is 0.672. The summed E-state index contributed by atoms with van der Waals surface area (Å²) in [6.45, 7) is 0. The minimum absolute atomic E-state index is 4.97. The molecule has 0 amide bonds. The molecule has 0 aliphatic carbocycles. The van der Waals surface area contributed by atoms with Gasteiger partial charge in [0.25, 0.3) is 0 Å². The smallest absolute Gasteiger partial charge is 0.590 e. The van der Waals surface area contributed by atoms with E-state index in [1.54, 1.807) is 0 Å². The molecule has 0 N–H and O–H groups in total. The first kappa shape index (κ1) is 12.8. The molecule has 0 aliphatic rings. The average Bonchev–Trinajstić information content (AvgIpc) is 1.81. The zero-order chi connectivity index (χ0) is 11.1. The predicted molar refractivity (Wildman–Crippen MR) is 29.2 cm³/mol. The summed E-state index contributed by atoms with van der Waals surface area (Å²) in [7, 11) is -11.7. The molecule has 0 aromatic heterocycles. The molecule has 0 spiro atoms. The van der Waals surface area contributed by atoms with E-state index in [0.29, 0.717) is 0 Å². The van der Waals surface area contributed by atoms with Crippen molar-refractivity contribution in [3.05, 3.63) is 0 Å². The minimum atomic E-state index is -6.69. The first-order chi connectivity index (χ1) is 5.40. The fourth-order valence-electron chi connectivity index (χ4n) is 0.210. The summed E-state index contributed by atoms with van der Waals surface area (Å²) >= 11 is 0. The van der Waals surface area contributed by atoms with Gasteiger partial charge >= 0.3 is 19.9 Å². The highest BCUT2D eigenvalue weighted by Crippen LogP contribution is 2.36. The van der Waals surface area contributed by atoms with Crippen molar-refractivity contribution in [3.63, 3.8) is 0 Å². The zero-order valence-corrected chi connectivity index (χ0v) is 6.94. The lowest BCUT2D eigenvalue weighted by Gasteiger charge is -2.13. The second kappa shape index (κ2) is 3.20. The molecular formula is C2F6O3S2. The zero-order valence-electron chi connectivity index (χ0n) is 5.31. The Morgan fingerprint density at radius 2 is 1.31 bits per heavy atom. The van der Waals surface area contributed by atoms with Crippen LogP contribution in [0.2, 0.25) is 0 Å². The van der Waals surface area contributed by atoms with Gasteiger partial charge in [0.1, 0.15) is 0 Å². The topological polar surface area (TPSA) is 57.2 Å². The summed E-state index contributed by atoms with van der Waals surface area (Å²) < 4.78 is 97.4. The molecule has 0 fully saturated rings. The van der Waals surface area contributed by atoms with E-state index < -0.39 is 30.1 Å². The van der Waals surface area contributed by atoms with Gasteiger partial charge in [0.05, 0.1) is 0 Å². The van der Waals surface area contributed by atoms with Crippen molar-refractivity contribution in [2.75, 3.05) is 0 Å². The summed E-state index contributed by atoms with van der Waals surface area (Å²) in [4.78, 5) is 0. The number of rotatable bonds is 1. The predicted octanol–water partition coefficient (Wildman–Crippen LogP) is 1.10. The third kappa shape index (κ3) is 2.64. The van der Waals surface area contributed by atoms with Crippen molar-refractivity contribution in [1.29, 1.82) is 0 Å². The fourth-order valence-corrected chi connectivity index (χ4v) is 1.89. The molecule has 80 valence electrons. The highest BCUT2D eigenvalue weighted by molar-refractivity contribution is 8.67. The van der Waals surface area contributed by atoms with Crippen molar-refractivity contribution in [2.45, 2.75) is 11.0 Å². The molecule has 0 bridgehead atoms. The standard InChI is InChI=1S/C2F6O3S2/c3-1(4,5)12(9)13(10,11)2(6,7)8. The van der Waals surface area contributed by atoms with E-state index in [1.165, 1.54) is 0 Å². The molecule has 0 aromatic carbocycles. The van der Waals surface area contributed by atoms with Gasteiger partial charge in [0, 0.05) is 0 Å². The Labute approximate surface area is 70.2 Å². The van der Waals surface area contributed by atoms with Gasteiger partial charge in [-0.05, 0) is 0 Å². The van der Waals surface area contributed by atoms with Crippen LogP contribution in [0.5, 0.6) is 0 Å². The van der Waals surface area contributed by atoms with E-state index in [1.807, 2.05) is 0 Å². The molecule has 0 aromatic rings. The van der Waals surface area contributed by atoms with Gasteiger partial charge in [-0.1, -0.05) is 0 Å². The molecule has 0 saturated heterocycles. The SMILES string of the molecule is O=S(=O)([S+]([O-])C(F)(F)F)C(F)(F)F. The van der Waals surface area contributed by atoms with Gasteiger partial charge in [-0.15, -0.1) is 13.2 Å². The first-order valence-electron chi connectivity index (χ1n) is 2.21. The molecule has 0 heterocycles. The molecule has 3 nitrogen and oxygen atoms in total. The maximum atomic E-state index is 11.3. The Kier molecular flexibility index (Phi) is 3.16. The van der Waals surface area contributed by atoms with Crippen LogP contribution in [0, 0.1) is 0 Å². The van der Waals surface area contributed by atoms with E-state index in [9.17, 15) is 39.3 Å². The minimum Gasteiger partial charge on any atom is -0.594 e. The third-order valence-corrected chi connectivity index (χ3v) is 4.34. The molecule has 0 radical (unpaired) electrons. The van der Waals surface area contributed by atoms with E-state index in [0.717, 1.165) is 0 Å². The lowest BCUT2D eigenvalue weighted by atomic mass is 11.6. The van der Waals surface area contributed by atoms with Crippen LogP contribution in [0.3, 0.4) is 0 Å². The Morgan fingerprint density at radius 1 is 1.00 bits per heavy atom. The summed E-state index contributed by atoms with van der Waals surface area (Å²) in [5.74, 6) is 0. The van der Waals surface area contributed by atoms with Crippen LogP contribution in [0.15, 0.2) is 0 Å². The average molecular weight is 250 g/mol. The van der Waals surface area contributed by atoms with Crippen molar-refractivity contribution in [2.24, 2.45) is 0 Å². The molecule has 0 saturated carbocycles. The molecular weight excluding hydrogens is 250 g/mol. The second-order valence-corrected chi connectivity index (χ2v) is 6.11. The summed E-state index contributed by atoms with van der Waals surface area (Å²) in [5.41, 5.74) is -12.1. The van der Waals surface area contributed by atoms with Gasteiger partial charge < -0.3 is 4.55 Å². The van der Waals surface area contributed by atoms with Crippen molar-refractivity contribution in [1.82, 2.24) is 0 Å². The van der Waals surface area contributed by atoms with Crippen LogP contribution >= 0.6 is 0 Å². The summed E-state index contributed by atoms with van der Waals surface area (Å²) in [6, 6.07) is 0. The van der Waals surface area contributed by atoms with Gasteiger partial charge in [-0.3, -0.25) is 0 Å². The number of alkyl halides is 6. The van der Waals surface area contributed by atoms with E-state index in [4.69, 9.17) is 0 Å². The van der Waals surface area contributed by atoms with E-state index in [-0.39, 0.29) is 0 Å². The number of hydrogen-bond donors (Lipinski definition) is 0. The maximum Gasteiger partial charge on any atom is 0.590 e. The number of hydrogen-bond acceptors (Lipinski definition) is 3. The Balaban J connectivity index is 5.12. The van der Waals surface area contributed by atoms with Gasteiger partial charge in [0.2, 0.25) is 0 Å². The normalized spacial score (nSPS) is 17.2. The van der Waals surface area contributed by atoms with Crippen molar-refractivity contribution < 1.29 is 39.3 Å². The van der Waals surface area contributed by atoms with Gasteiger partial charge in [-0.25, -0.2) is 0 Å². The van der Waals surface area contributed by atoms with Gasteiger partial charge in [-0.2, -0.15) is 21.6 Å². The van der Waals surface area contributed by atoms with Crippen LogP contribution in [-0.4, -0.2) is 24.0 Å². The Bertz CT molecular complexity index is 273. The summed E-state index contributed by atoms with van der Waals surface area (Å²) in [6.07, 6.45) is 0. The highest BCUT2D eigenvalue weighted by atomic mass is 33.2. The molecule has 11 heteroatoms. The Morgan fingerprint density at radius 3 is 1.38 bits per heavy atom. The van der Waals surface area contributed by atoms with Crippen LogP contribution in [-0.2, 0) is 19.1 Å². The highest BCUT2D eigenvalue weighted by Gasteiger charge is 2.65. The van der Waals surface area contributed by atoms with E-state index >= 15 is 0 Å². The number of halogens is 6. The van der Waals surface area contributed by atoms with Crippen LogP contribution in [0.1, 0.15) is 0 Å². The largest absolute Gasteiger partial charge is 0.594 e. The molecule has 0 aliphatic heterocycles. The van der Waals surface area contributed by atoms with Gasteiger partial charge in [0.15, 0.2) is 10.2 Å². The summed E-state index contributed by atoms with van der Waals surface area (Å²) in [5, 5.41) is 0. The van der Waals surface area contributed by atoms with Crippen LogP contribution in [0.4, 0.5) is 26.3 Å². The van der Waals surface area contributed by atoms with Crippen LogP contribution in [0.25, 0.3) is 0 Å². The monoisotopic (exact) mass is 250 g/mol. The Hall–Kier alpha value is -0.160. The molecule has 1 unspecified atom stereocenters. The molecule has 13 heavy (non-hydrogen) atoms. The van der Waals surface area contributed by atoms with Crippen molar-refractivity contribution in [3.8, 4) is 0 Å². The second-order valence-electron chi connectivity index (χ2n) is 1.58.